The van der Waals surface area contributed by atoms with Crippen molar-refractivity contribution in [1.82, 2.24) is 0 Å². The van der Waals surface area contributed by atoms with Crippen LogP contribution in [0.3, 0.4) is 0 Å². The van der Waals surface area contributed by atoms with E-state index >= 15 is 0 Å². The molecule has 0 aliphatic heterocycles. The number of hydrogen-bond donors (Lipinski definition) is 2. The van der Waals surface area contributed by atoms with E-state index in [9.17, 15) is 4.79 Å². The zero-order valence-corrected chi connectivity index (χ0v) is 14.9. The molecule has 1 aromatic carbocycles. The first-order valence-electron chi connectivity index (χ1n) is 9.38. The Morgan fingerprint density at radius 1 is 1.29 bits per heavy atom. The molecule has 0 saturated heterocycles. The average Bonchev–Trinajstić information content (AvgIpc) is 2.54. The van der Waals surface area contributed by atoms with Gasteiger partial charge >= 0.3 is 0 Å². The molecule has 1 amide bonds. The Balaban J connectivity index is 1.68. The molecule has 0 heterocycles. The second-order valence-electron chi connectivity index (χ2n) is 7.53. The summed E-state index contributed by atoms with van der Waals surface area (Å²) in [6.07, 6.45) is 6.43. The number of hydrogen-bond acceptors (Lipinski definition) is 3. The van der Waals surface area contributed by atoms with E-state index in [0.717, 1.165) is 36.3 Å². The molecule has 2 bridgehead atoms. The van der Waals surface area contributed by atoms with Gasteiger partial charge in [0, 0.05) is 12.0 Å². The highest BCUT2D eigenvalue weighted by Gasteiger charge is 2.40. The average molecular weight is 330 g/mol. The minimum absolute atomic E-state index is 0.0837. The number of aryl methyl sites for hydroxylation is 1. The van der Waals surface area contributed by atoms with Crippen molar-refractivity contribution in [3.05, 3.63) is 23.8 Å². The van der Waals surface area contributed by atoms with E-state index in [2.05, 4.69) is 12.2 Å². The number of nitrogens with one attached hydrogen (secondary N) is 1. The number of amides is 1. The topological polar surface area (TPSA) is 64.3 Å². The van der Waals surface area contributed by atoms with E-state index < -0.39 is 0 Å². The van der Waals surface area contributed by atoms with Gasteiger partial charge in [-0.05, 0) is 68.6 Å². The third-order valence-electron chi connectivity index (χ3n) is 5.64. The molecule has 2 aliphatic carbocycles. The molecule has 2 unspecified atom stereocenters. The molecule has 0 aromatic heterocycles. The lowest BCUT2D eigenvalue weighted by molar-refractivity contribution is -0.122. The van der Waals surface area contributed by atoms with Gasteiger partial charge in [0.1, 0.15) is 5.75 Å². The minimum Gasteiger partial charge on any atom is -0.491 e. The van der Waals surface area contributed by atoms with Crippen molar-refractivity contribution in [3.63, 3.8) is 0 Å². The van der Waals surface area contributed by atoms with Crippen molar-refractivity contribution in [2.24, 2.45) is 23.5 Å². The summed E-state index contributed by atoms with van der Waals surface area (Å²) in [7, 11) is 0. The number of nitrogens with two attached hydrogens (primary N) is 1. The van der Waals surface area contributed by atoms with Gasteiger partial charge < -0.3 is 15.8 Å². The van der Waals surface area contributed by atoms with E-state index in [1.165, 1.54) is 19.3 Å². The van der Waals surface area contributed by atoms with Crippen LogP contribution in [0.5, 0.6) is 5.75 Å². The summed E-state index contributed by atoms with van der Waals surface area (Å²) in [4.78, 5) is 12.8. The van der Waals surface area contributed by atoms with Crippen molar-refractivity contribution in [3.8, 4) is 5.75 Å². The molecule has 0 spiro atoms. The van der Waals surface area contributed by atoms with Gasteiger partial charge in [-0.2, -0.15) is 0 Å². The largest absolute Gasteiger partial charge is 0.491 e. The number of fused-ring (bicyclic) bond motifs is 2. The van der Waals surface area contributed by atoms with E-state index in [1.807, 2.05) is 25.1 Å². The van der Waals surface area contributed by atoms with Gasteiger partial charge in [-0.1, -0.05) is 19.4 Å². The van der Waals surface area contributed by atoms with Crippen LogP contribution in [0.15, 0.2) is 18.2 Å². The van der Waals surface area contributed by atoms with E-state index in [1.54, 1.807) is 0 Å². The third kappa shape index (κ3) is 3.75. The molecule has 2 atom stereocenters. The molecular formula is C20H30N2O2. The van der Waals surface area contributed by atoms with Crippen LogP contribution in [-0.2, 0) is 4.79 Å². The fourth-order valence-corrected chi connectivity index (χ4v) is 4.30. The van der Waals surface area contributed by atoms with Gasteiger partial charge in [-0.15, -0.1) is 0 Å². The summed E-state index contributed by atoms with van der Waals surface area (Å²) >= 11 is 0. The summed E-state index contributed by atoms with van der Waals surface area (Å²) in [5.41, 5.74) is 8.27. The molecule has 3 rings (SSSR count). The zero-order valence-electron chi connectivity index (χ0n) is 14.9. The van der Waals surface area contributed by atoms with Gasteiger partial charge in [0.15, 0.2) is 0 Å². The van der Waals surface area contributed by atoms with Gasteiger partial charge in [-0.25, -0.2) is 0 Å². The van der Waals surface area contributed by atoms with Gasteiger partial charge in [0.05, 0.1) is 12.3 Å². The van der Waals surface area contributed by atoms with E-state index in [-0.39, 0.29) is 11.8 Å². The molecule has 132 valence electrons. The molecule has 2 fully saturated rings. The Morgan fingerprint density at radius 2 is 2.00 bits per heavy atom. The maximum absolute atomic E-state index is 12.8. The highest BCUT2D eigenvalue weighted by molar-refractivity contribution is 5.94. The number of carbonyl (C=O) groups is 1. The number of carbonyl (C=O) groups excluding carboxylic acids is 1. The molecule has 4 heteroatoms. The van der Waals surface area contributed by atoms with Crippen molar-refractivity contribution < 1.29 is 9.53 Å². The highest BCUT2D eigenvalue weighted by Crippen LogP contribution is 2.42. The van der Waals surface area contributed by atoms with E-state index in [4.69, 9.17) is 10.5 Å². The molecule has 2 saturated carbocycles. The summed E-state index contributed by atoms with van der Waals surface area (Å²) in [6.45, 7) is 4.78. The standard InChI is InChI=1S/C20H30N2O2/c1-3-9-24-18-10-13(2)7-8-17(18)22-20(23)16-11-14-5-4-6-15(12-16)19(14)21/h7-8,10,14-16,19H,3-6,9,11-12,21H2,1-2H3,(H,22,23). The van der Waals surface area contributed by atoms with Crippen LogP contribution in [0.4, 0.5) is 5.69 Å². The Bertz CT molecular complexity index is 573. The SMILES string of the molecule is CCCOc1cc(C)ccc1NC(=O)C1CC2CCCC(C1)C2N. The molecule has 1 aromatic rings. The first-order valence-corrected chi connectivity index (χ1v) is 9.38. The first-order chi connectivity index (χ1) is 11.6. The van der Waals surface area contributed by atoms with Crippen molar-refractivity contribution >= 4 is 11.6 Å². The summed E-state index contributed by atoms with van der Waals surface area (Å²) < 4.78 is 5.81. The normalized spacial score (nSPS) is 29.1. The van der Waals surface area contributed by atoms with Crippen LogP contribution < -0.4 is 15.8 Å². The van der Waals surface area contributed by atoms with Crippen LogP contribution in [-0.4, -0.2) is 18.6 Å². The quantitative estimate of drug-likeness (QED) is 0.861. The molecule has 4 nitrogen and oxygen atoms in total. The predicted octanol–water partition coefficient (Wildman–Crippen LogP) is 3.88. The lowest BCUT2D eigenvalue weighted by Crippen LogP contribution is -2.48. The molecule has 3 N–H and O–H groups in total. The van der Waals surface area contributed by atoms with Gasteiger partial charge in [0.25, 0.3) is 0 Å². The van der Waals surface area contributed by atoms with Gasteiger partial charge in [-0.3, -0.25) is 4.79 Å². The predicted molar refractivity (Wildman–Crippen MR) is 97.1 cm³/mol. The van der Waals surface area contributed by atoms with Gasteiger partial charge in [0.2, 0.25) is 5.91 Å². The highest BCUT2D eigenvalue weighted by atomic mass is 16.5. The van der Waals surface area contributed by atoms with E-state index in [0.29, 0.717) is 24.5 Å². The summed E-state index contributed by atoms with van der Waals surface area (Å²) in [5, 5.41) is 3.12. The van der Waals surface area contributed by atoms with Crippen molar-refractivity contribution in [2.45, 2.75) is 58.4 Å². The van der Waals surface area contributed by atoms with Crippen molar-refractivity contribution in [2.75, 3.05) is 11.9 Å². The maximum atomic E-state index is 12.8. The Hall–Kier alpha value is -1.55. The smallest absolute Gasteiger partial charge is 0.227 e. The molecule has 2 aliphatic rings. The monoisotopic (exact) mass is 330 g/mol. The maximum Gasteiger partial charge on any atom is 0.227 e. The zero-order chi connectivity index (χ0) is 17.1. The molecular weight excluding hydrogens is 300 g/mol. The summed E-state index contributed by atoms with van der Waals surface area (Å²) in [5.74, 6) is 2.02. The number of benzene rings is 1. The van der Waals surface area contributed by atoms with Crippen LogP contribution in [0, 0.1) is 24.7 Å². The number of ether oxygens (including phenoxy) is 1. The fraction of sp³-hybridized carbons (Fsp3) is 0.650. The lowest BCUT2D eigenvalue weighted by Gasteiger charge is -2.43. The Morgan fingerprint density at radius 3 is 2.67 bits per heavy atom. The van der Waals surface area contributed by atoms with Crippen LogP contribution in [0.1, 0.15) is 51.0 Å². The molecule has 0 radical (unpaired) electrons. The van der Waals surface area contributed by atoms with Crippen molar-refractivity contribution in [1.29, 1.82) is 0 Å². The van der Waals surface area contributed by atoms with Crippen LogP contribution >= 0.6 is 0 Å². The lowest BCUT2D eigenvalue weighted by atomic mass is 9.65. The van der Waals surface area contributed by atoms with Crippen LogP contribution in [0.25, 0.3) is 0 Å². The second kappa shape index (κ2) is 7.56. The number of rotatable bonds is 5. The minimum atomic E-state index is 0.0837. The fourth-order valence-electron chi connectivity index (χ4n) is 4.30. The number of anilines is 1. The van der Waals surface area contributed by atoms with Crippen LogP contribution in [0.2, 0.25) is 0 Å². The summed E-state index contributed by atoms with van der Waals surface area (Å²) in [6, 6.07) is 6.26. The second-order valence-corrected chi connectivity index (χ2v) is 7.53. The Labute approximate surface area is 145 Å². The first kappa shape index (κ1) is 17.3. The Kier molecular flexibility index (Phi) is 5.44. The third-order valence-corrected chi connectivity index (χ3v) is 5.64. The molecule has 24 heavy (non-hydrogen) atoms.